The van der Waals surface area contributed by atoms with Gasteiger partial charge in [0.1, 0.15) is 5.82 Å². The summed E-state index contributed by atoms with van der Waals surface area (Å²) in [6.07, 6.45) is -1.08. The quantitative estimate of drug-likeness (QED) is 0.893. The average Bonchev–Trinajstić information content (AvgIpc) is 2.41. The van der Waals surface area contributed by atoms with E-state index in [1.165, 1.54) is 17.0 Å². The van der Waals surface area contributed by atoms with Crippen molar-refractivity contribution in [3.8, 4) is 0 Å². The van der Waals surface area contributed by atoms with Crippen LogP contribution >= 0.6 is 11.6 Å². The molecule has 1 saturated heterocycles. The van der Waals surface area contributed by atoms with Crippen molar-refractivity contribution in [2.75, 3.05) is 19.7 Å². The second kappa shape index (κ2) is 5.54. The lowest BCUT2D eigenvalue weighted by atomic mass is 10.1. The van der Waals surface area contributed by atoms with Gasteiger partial charge in [-0.05, 0) is 18.2 Å². The summed E-state index contributed by atoms with van der Waals surface area (Å²) in [4.78, 5) is 24.2. The van der Waals surface area contributed by atoms with E-state index in [2.05, 4.69) is 0 Å². The number of benzene rings is 1. The molecule has 1 aromatic rings. The Morgan fingerprint density at radius 2 is 2.21 bits per heavy atom. The van der Waals surface area contributed by atoms with E-state index in [4.69, 9.17) is 21.4 Å². The van der Waals surface area contributed by atoms with Gasteiger partial charge < -0.3 is 14.7 Å². The van der Waals surface area contributed by atoms with Crippen LogP contribution in [0.4, 0.5) is 4.39 Å². The van der Waals surface area contributed by atoms with E-state index in [9.17, 15) is 14.0 Å². The maximum Gasteiger partial charge on any atom is 0.334 e. The van der Waals surface area contributed by atoms with Gasteiger partial charge in [-0.1, -0.05) is 11.6 Å². The van der Waals surface area contributed by atoms with Crippen molar-refractivity contribution in [1.29, 1.82) is 0 Å². The summed E-state index contributed by atoms with van der Waals surface area (Å²) in [5.74, 6) is -2.42. The number of rotatable bonds is 2. The van der Waals surface area contributed by atoms with E-state index in [1.807, 2.05) is 0 Å². The Morgan fingerprint density at radius 3 is 2.89 bits per heavy atom. The maximum atomic E-state index is 13.6. The summed E-state index contributed by atoms with van der Waals surface area (Å²) in [6.45, 7) is 0.208. The standard InChI is InChI=1S/C12H11ClFNO4/c13-7-1-2-9(14)8(5-7)11(16)15-3-4-19-10(6-15)12(17)18/h1-2,5,10H,3-4,6H2,(H,17,18)/t10-/m0/s1. The minimum absolute atomic E-state index is 0.102. The highest BCUT2D eigenvalue weighted by molar-refractivity contribution is 6.31. The molecule has 1 aliphatic rings. The van der Waals surface area contributed by atoms with Crippen LogP contribution in [-0.4, -0.2) is 47.7 Å². The fraction of sp³-hybridized carbons (Fsp3) is 0.333. The number of carboxylic acid groups (broad SMARTS) is 1. The summed E-state index contributed by atoms with van der Waals surface area (Å²) < 4.78 is 18.6. The van der Waals surface area contributed by atoms with Crippen LogP contribution in [0, 0.1) is 5.82 Å². The van der Waals surface area contributed by atoms with Crippen LogP contribution in [0.1, 0.15) is 10.4 Å². The molecule has 1 aliphatic heterocycles. The first-order valence-corrected chi connectivity index (χ1v) is 5.95. The smallest absolute Gasteiger partial charge is 0.334 e. The number of carbonyl (C=O) groups is 2. The van der Waals surface area contributed by atoms with Gasteiger partial charge in [-0.2, -0.15) is 0 Å². The molecular weight excluding hydrogens is 277 g/mol. The Hall–Kier alpha value is -1.66. The van der Waals surface area contributed by atoms with Gasteiger partial charge in [0.15, 0.2) is 6.10 Å². The molecule has 102 valence electrons. The Labute approximate surface area is 113 Å². The second-order valence-electron chi connectivity index (χ2n) is 4.07. The monoisotopic (exact) mass is 287 g/mol. The third-order valence-electron chi connectivity index (χ3n) is 2.79. The largest absolute Gasteiger partial charge is 0.479 e. The molecule has 0 saturated carbocycles. The van der Waals surface area contributed by atoms with Crippen molar-refractivity contribution in [3.63, 3.8) is 0 Å². The molecule has 1 heterocycles. The van der Waals surface area contributed by atoms with E-state index in [-0.39, 0.29) is 30.3 Å². The second-order valence-corrected chi connectivity index (χ2v) is 4.51. The molecule has 1 aromatic carbocycles. The number of carboxylic acids is 1. The highest BCUT2D eigenvalue weighted by atomic mass is 35.5. The Morgan fingerprint density at radius 1 is 1.47 bits per heavy atom. The highest BCUT2D eigenvalue weighted by Gasteiger charge is 2.30. The Kier molecular flexibility index (Phi) is 4.01. The van der Waals surface area contributed by atoms with Crippen LogP contribution in [-0.2, 0) is 9.53 Å². The van der Waals surface area contributed by atoms with Gasteiger partial charge in [0.25, 0.3) is 5.91 Å². The number of hydrogen-bond donors (Lipinski definition) is 1. The van der Waals surface area contributed by atoms with Gasteiger partial charge in [0.2, 0.25) is 0 Å². The summed E-state index contributed by atoms with van der Waals surface area (Å²) >= 11 is 5.72. The lowest BCUT2D eigenvalue weighted by molar-refractivity contribution is -0.154. The molecule has 1 N–H and O–H groups in total. The van der Waals surface area contributed by atoms with Crippen LogP contribution in [0.15, 0.2) is 18.2 Å². The number of amides is 1. The highest BCUT2D eigenvalue weighted by Crippen LogP contribution is 2.18. The fourth-order valence-corrected chi connectivity index (χ4v) is 1.99. The predicted octanol–water partition coefficient (Wildman–Crippen LogP) is 1.40. The van der Waals surface area contributed by atoms with Crippen LogP contribution in [0.3, 0.4) is 0 Å². The number of halogens is 2. The average molecular weight is 288 g/mol. The molecule has 0 radical (unpaired) electrons. The fourth-order valence-electron chi connectivity index (χ4n) is 1.81. The minimum atomic E-state index is -1.15. The molecule has 1 atom stereocenters. The molecule has 0 aliphatic carbocycles. The summed E-state index contributed by atoms with van der Waals surface area (Å²) in [6, 6.07) is 3.67. The molecule has 5 nitrogen and oxygen atoms in total. The van der Waals surface area contributed by atoms with Gasteiger partial charge in [0, 0.05) is 11.6 Å². The lowest BCUT2D eigenvalue weighted by Crippen LogP contribution is -2.48. The van der Waals surface area contributed by atoms with Gasteiger partial charge in [0.05, 0.1) is 18.7 Å². The number of aliphatic carboxylic acids is 1. The van der Waals surface area contributed by atoms with Crippen LogP contribution in [0.2, 0.25) is 5.02 Å². The zero-order valence-electron chi connectivity index (χ0n) is 9.81. The SMILES string of the molecule is O=C(O)[C@@H]1CN(C(=O)c2cc(Cl)ccc2F)CCO1. The minimum Gasteiger partial charge on any atom is -0.479 e. The topological polar surface area (TPSA) is 66.8 Å². The number of nitrogens with zero attached hydrogens (tertiary/aromatic N) is 1. The summed E-state index contributed by atoms with van der Waals surface area (Å²) in [5.41, 5.74) is -0.168. The first-order chi connectivity index (χ1) is 8.99. The van der Waals surface area contributed by atoms with Crippen molar-refractivity contribution in [3.05, 3.63) is 34.6 Å². The van der Waals surface area contributed by atoms with Crippen molar-refractivity contribution in [2.24, 2.45) is 0 Å². The third-order valence-corrected chi connectivity index (χ3v) is 3.02. The number of ether oxygens (including phenoxy) is 1. The van der Waals surface area contributed by atoms with Gasteiger partial charge in [-0.15, -0.1) is 0 Å². The number of hydrogen-bond acceptors (Lipinski definition) is 3. The van der Waals surface area contributed by atoms with E-state index in [1.54, 1.807) is 0 Å². The van der Waals surface area contributed by atoms with Crippen LogP contribution < -0.4 is 0 Å². The first-order valence-electron chi connectivity index (χ1n) is 5.58. The van der Waals surface area contributed by atoms with Crippen LogP contribution in [0.25, 0.3) is 0 Å². The lowest BCUT2D eigenvalue weighted by Gasteiger charge is -2.31. The van der Waals surface area contributed by atoms with E-state index >= 15 is 0 Å². The van der Waals surface area contributed by atoms with Gasteiger partial charge in [-0.25, -0.2) is 9.18 Å². The van der Waals surface area contributed by atoms with Crippen molar-refractivity contribution >= 4 is 23.5 Å². The van der Waals surface area contributed by atoms with E-state index < -0.39 is 23.8 Å². The first kappa shape index (κ1) is 13.8. The molecule has 1 amide bonds. The molecule has 7 heteroatoms. The number of morpholine rings is 1. The third kappa shape index (κ3) is 3.02. The molecule has 0 aromatic heterocycles. The van der Waals surface area contributed by atoms with Crippen molar-refractivity contribution < 1.29 is 23.8 Å². The summed E-state index contributed by atoms with van der Waals surface area (Å²) in [7, 11) is 0. The Balaban J connectivity index is 2.19. The van der Waals surface area contributed by atoms with Crippen molar-refractivity contribution in [2.45, 2.75) is 6.10 Å². The van der Waals surface area contributed by atoms with E-state index in [0.29, 0.717) is 0 Å². The molecule has 2 rings (SSSR count). The maximum absolute atomic E-state index is 13.6. The zero-order valence-corrected chi connectivity index (χ0v) is 10.6. The number of carbonyl (C=O) groups excluding carboxylic acids is 1. The molecule has 0 unspecified atom stereocenters. The molecule has 0 spiro atoms. The molecule has 1 fully saturated rings. The molecular formula is C12H11ClFNO4. The normalized spacial score (nSPS) is 19.3. The van der Waals surface area contributed by atoms with Gasteiger partial charge in [-0.3, -0.25) is 4.79 Å². The van der Waals surface area contributed by atoms with Gasteiger partial charge >= 0.3 is 5.97 Å². The summed E-state index contributed by atoms with van der Waals surface area (Å²) in [5, 5.41) is 9.09. The zero-order chi connectivity index (χ0) is 14.0. The molecule has 0 bridgehead atoms. The molecule has 19 heavy (non-hydrogen) atoms. The van der Waals surface area contributed by atoms with Crippen molar-refractivity contribution in [1.82, 2.24) is 4.90 Å². The predicted molar refractivity (Wildman–Crippen MR) is 64.7 cm³/mol. The van der Waals surface area contributed by atoms with E-state index in [0.717, 1.165) is 6.07 Å². The Bertz CT molecular complexity index is 522. The van der Waals surface area contributed by atoms with Crippen LogP contribution in [0.5, 0.6) is 0 Å².